The number of benzene rings is 1. The second-order valence-corrected chi connectivity index (χ2v) is 7.05. The lowest BCUT2D eigenvalue weighted by Crippen LogP contribution is -2.38. The van der Waals surface area contributed by atoms with Gasteiger partial charge >= 0.3 is 0 Å². The van der Waals surface area contributed by atoms with Crippen LogP contribution in [-0.4, -0.2) is 54.8 Å². The van der Waals surface area contributed by atoms with Crippen molar-refractivity contribution in [1.82, 2.24) is 14.8 Å². The standard InChI is InChI=1S/C20H25N3O3/c24-19-16-6-1-4-15-5-2-9-23(18(15)16)14-17(19)20(25)21-7-3-8-22-10-12-26-13-11-22/h1,4,6,14H,2-3,5,7-13H2,(H,21,25). The fourth-order valence-corrected chi connectivity index (χ4v) is 3.94. The van der Waals surface area contributed by atoms with E-state index in [0.29, 0.717) is 11.9 Å². The molecule has 0 unspecified atom stereocenters. The average molecular weight is 355 g/mol. The third kappa shape index (κ3) is 3.39. The highest BCUT2D eigenvalue weighted by Gasteiger charge is 2.19. The zero-order valence-corrected chi connectivity index (χ0v) is 15.0. The Kier molecular flexibility index (Phi) is 5.04. The molecule has 0 spiro atoms. The quantitative estimate of drug-likeness (QED) is 0.824. The van der Waals surface area contributed by atoms with Crippen LogP contribution in [0.25, 0.3) is 10.9 Å². The molecule has 0 atom stereocenters. The third-order valence-corrected chi connectivity index (χ3v) is 5.31. The van der Waals surface area contributed by atoms with Crippen molar-refractivity contribution in [2.45, 2.75) is 25.8 Å². The molecule has 2 aliphatic rings. The molecule has 26 heavy (non-hydrogen) atoms. The highest BCUT2D eigenvalue weighted by molar-refractivity contribution is 5.97. The number of nitrogens with zero attached hydrogens (tertiary/aromatic N) is 2. The van der Waals surface area contributed by atoms with Gasteiger partial charge in [0.05, 0.1) is 18.7 Å². The largest absolute Gasteiger partial charge is 0.379 e. The summed E-state index contributed by atoms with van der Waals surface area (Å²) in [5.41, 5.74) is 2.28. The molecule has 1 amide bonds. The van der Waals surface area contributed by atoms with Crippen molar-refractivity contribution in [2.24, 2.45) is 0 Å². The number of pyridine rings is 1. The maximum absolute atomic E-state index is 12.8. The minimum absolute atomic E-state index is 0.161. The lowest BCUT2D eigenvalue weighted by atomic mass is 10.00. The van der Waals surface area contributed by atoms with Crippen LogP contribution in [-0.2, 0) is 17.7 Å². The summed E-state index contributed by atoms with van der Waals surface area (Å²) in [5, 5.41) is 3.57. The van der Waals surface area contributed by atoms with Crippen molar-refractivity contribution in [3.8, 4) is 0 Å². The van der Waals surface area contributed by atoms with Gasteiger partial charge in [-0.1, -0.05) is 12.1 Å². The van der Waals surface area contributed by atoms with E-state index in [0.717, 1.165) is 64.2 Å². The second-order valence-electron chi connectivity index (χ2n) is 7.05. The van der Waals surface area contributed by atoms with Gasteiger partial charge in [0.2, 0.25) is 5.43 Å². The number of rotatable bonds is 5. The number of amides is 1. The monoisotopic (exact) mass is 355 g/mol. The summed E-state index contributed by atoms with van der Waals surface area (Å²) < 4.78 is 7.40. The summed E-state index contributed by atoms with van der Waals surface area (Å²) in [6, 6.07) is 5.82. The van der Waals surface area contributed by atoms with Gasteiger partial charge in [-0.25, -0.2) is 0 Å². The summed E-state index contributed by atoms with van der Waals surface area (Å²) in [6.07, 6.45) is 4.64. The van der Waals surface area contributed by atoms with E-state index in [2.05, 4.69) is 20.9 Å². The second kappa shape index (κ2) is 7.60. The number of nitrogens with one attached hydrogen (secondary N) is 1. The first-order chi connectivity index (χ1) is 12.7. The van der Waals surface area contributed by atoms with E-state index in [-0.39, 0.29) is 16.9 Å². The summed E-state index contributed by atoms with van der Waals surface area (Å²) in [6.45, 7) is 5.83. The minimum Gasteiger partial charge on any atom is -0.379 e. The van der Waals surface area contributed by atoms with Crippen molar-refractivity contribution in [3.63, 3.8) is 0 Å². The summed E-state index contributed by atoms with van der Waals surface area (Å²) >= 11 is 0. The van der Waals surface area contributed by atoms with Crippen molar-refractivity contribution in [1.29, 1.82) is 0 Å². The van der Waals surface area contributed by atoms with E-state index >= 15 is 0 Å². The van der Waals surface area contributed by atoms with Crippen LogP contribution in [0.1, 0.15) is 28.8 Å². The molecule has 0 saturated carbocycles. The van der Waals surface area contributed by atoms with Gasteiger partial charge in [-0.05, 0) is 37.4 Å². The van der Waals surface area contributed by atoms with Crippen molar-refractivity contribution in [3.05, 3.63) is 45.7 Å². The van der Waals surface area contributed by atoms with E-state index in [1.165, 1.54) is 5.56 Å². The zero-order chi connectivity index (χ0) is 17.9. The molecular weight excluding hydrogens is 330 g/mol. The molecule has 1 fully saturated rings. The molecule has 0 radical (unpaired) electrons. The van der Waals surface area contributed by atoms with Crippen molar-refractivity contribution in [2.75, 3.05) is 39.4 Å². The van der Waals surface area contributed by atoms with Crippen molar-refractivity contribution >= 4 is 16.8 Å². The molecule has 1 N–H and O–H groups in total. The lowest BCUT2D eigenvalue weighted by molar-refractivity contribution is 0.0374. The zero-order valence-electron chi connectivity index (χ0n) is 15.0. The van der Waals surface area contributed by atoms with Gasteiger partial charge in [-0.2, -0.15) is 0 Å². The van der Waals surface area contributed by atoms with Gasteiger partial charge in [0.1, 0.15) is 5.56 Å². The van der Waals surface area contributed by atoms with Crippen LogP contribution in [0, 0.1) is 0 Å². The molecule has 2 aliphatic heterocycles. The van der Waals surface area contributed by atoms with E-state index in [1.807, 2.05) is 12.1 Å². The first-order valence-electron chi connectivity index (χ1n) is 9.47. The Balaban J connectivity index is 1.45. The Morgan fingerprint density at radius 3 is 2.88 bits per heavy atom. The molecule has 0 bridgehead atoms. The summed E-state index contributed by atoms with van der Waals surface area (Å²) in [5.74, 6) is -0.265. The maximum Gasteiger partial charge on any atom is 0.256 e. The van der Waals surface area contributed by atoms with Crippen molar-refractivity contribution < 1.29 is 9.53 Å². The van der Waals surface area contributed by atoms with Crippen LogP contribution < -0.4 is 10.7 Å². The van der Waals surface area contributed by atoms with Crippen LogP contribution in [0.2, 0.25) is 0 Å². The van der Waals surface area contributed by atoms with Gasteiger partial charge in [0.25, 0.3) is 5.91 Å². The van der Waals surface area contributed by atoms with Crippen LogP contribution in [0.5, 0.6) is 0 Å². The van der Waals surface area contributed by atoms with E-state index in [9.17, 15) is 9.59 Å². The molecule has 2 aromatic rings. The SMILES string of the molecule is O=C(NCCCN1CCOCC1)c1cn2c3c(cccc3c1=O)CCC2. The number of ether oxygens (including phenoxy) is 1. The summed E-state index contributed by atoms with van der Waals surface area (Å²) in [7, 11) is 0. The Morgan fingerprint density at radius 2 is 2.04 bits per heavy atom. The fraction of sp³-hybridized carbons (Fsp3) is 0.500. The first-order valence-corrected chi connectivity index (χ1v) is 9.47. The predicted molar refractivity (Wildman–Crippen MR) is 101 cm³/mol. The molecule has 6 heteroatoms. The van der Waals surface area contributed by atoms with Gasteiger partial charge in [0, 0.05) is 37.8 Å². The number of carbonyl (C=O) groups excluding carboxylic acids is 1. The topological polar surface area (TPSA) is 63.6 Å². The number of morpholine rings is 1. The Morgan fingerprint density at radius 1 is 1.19 bits per heavy atom. The van der Waals surface area contributed by atoms with E-state index in [1.54, 1.807) is 6.20 Å². The summed E-state index contributed by atoms with van der Waals surface area (Å²) in [4.78, 5) is 27.7. The molecular formula is C20H25N3O3. The van der Waals surface area contributed by atoms with Crippen LogP contribution in [0.15, 0.2) is 29.2 Å². The molecule has 3 heterocycles. The lowest BCUT2D eigenvalue weighted by Gasteiger charge is -2.26. The first kappa shape index (κ1) is 17.2. The van der Waals surface area contributed by atoms with Crippen LogP contribution in [0.3, 0.4) is 0 Å². The highest BCUT2D eigenvalue weighted by atomic mass is 16.5. The number of aryl methyl sites for hydroxylation is 2. The number of hydrogen-bond donors (Lipinski definition) is 1. The van der Waals surface area contributed by atoms with Crippen LogP contribution >= 0.6 is 0 Å². The molecule has 1 saturated heterocycles. The molecule has 4 rings (SSSR count). The average Bonchev–Trinajstić information content (AvgIpc) is 2.68. The maximum atomic E-state index is 12.8. The number of hydrogen-bond acceptors (Lipinski definition) is 4. The molecule has 0 aliphatic carbocycles. The smallest absolute Gasteiger partial charge is 0.256 e. The van der Waals surface area contributed by atoms with Gasteiger partial charge < -0.3 is 14.6 Å². The highest BCUT2D eigenvalue weighted by Crippen LogP contribution is 2.23. The van der Waals surface area contributed by atoms with Gasteiger partial charge in [0.15, 0.2) is 0 Å². The Hall–Kier alpha value is -2.18. The molecule has 1 aromatic carbocycles. The predicted octanol–water partition coefficient (Wildman–Crippen LogP) is 1.40. The van der Waals surface area contributed by atoms with E-state index in [4.69, 9.17) is 4.74 Å². The number of para-hydroxylation sites is 1. The van der Waals surface area contributed by atoms with E-state index < -0.39 is 0 Å². The normalized spacial score (nSPS) is 17.4. The third-order valence-electron chi connectivity index (χ3n) is 5.31. The number of aromatic nitrogens is 1. The van der Waals surface area contributed by atoms with Gasteiger partial charge in [-0.15, -0.1) is 0 Å². The minimum atomic E-state index is -0.265. The molecule has 138 valence electrons. The fourth-order valence-electron chi connectivity index (χ4n) is 3.94. The number of carbonyl (C=O) groups is 1. The Labute approximate surface area is 152 Å². The van der Waals surface area contributed by atoms with Gasteiger partial charge in [-0.3, -0.25) is 14.5 Å². The Bertz CT molecular complexity index is 868. The molecule has 6 nitrogen and oxygen atoms in total. The molecule has 1 aromatic heterocycles. The van der Waals surface area contributed by atoms with Crippen LogP contribution in [0.4, 0.5) is 0 Å².